The highest BCUT2D eigenvalue weighted by Gasteiger charge is 2.28. The van der Waals surface area contributed by atoms with Crippen LogP contribution in [-0.2, 0) is 0 Å². The van der Waals surface area contributed by atoms with Gasteiger partial charge < -0.3 is 9.84 Å². The molecule has 2 unspecified atom stereocenters. The summed E-state index contributed by atoms with van der Waals surface area (Å²) in [5.74, 6) is 0.816. The number of ether oxygens (including phenoxy) is 1. The van der Waals surface area contributed by atoms with Gasteiger partial charge >= 0.3 is 0 Å². The summed E-state index contributed by atoms with van der Waals surface area (Å²) in [6, 6.07) is 3.89. The number of aliphatic hydroxyl groups is 1. The summed E-state index contributed by atoms with van der Waals surface area (Å²) in [5.41, 5.74) is 1.90. The highest BCUT2D eigenvalue weighted by molar-refractivity contribution is 9.10. The van der Waals surface area contributed by atoms with Crippen molar-refractivity contribution in [1.82, 2.24) is 0 Å². The van der Waals surface area contributed by atoms with Crippen molar-refractivity contribution in [1.29, 1.82) is 0 Å². The fourth-order valence-corrected chi connectivity index (χ4v) is 2.63. The minimum Gasteiger partial charge on any atom is -0.492 e. The summed E-state index contributed by atoms with van der Waals surface area (Å²) < 4.78 is 6.53. The zero-order valence-corrected chi connectivity index (χ0v) is 10.8. The lowest BCUT2D eigenvalue weighted by atomic mass is 10.0. The van der Waals surface area contributed by atoms with E-state index in [1.807, 2.05) is 19.1 Å². The van der Waals surface area contributed by atoms with Gasteiger partial charge in [-0.1, -0.05) is 31.9 Å². The fraction of sp³-hybridized carbons (Fsp3) is 0.400. The van der Waals surface area contributed by atoms with Crippen LogP contribution in [0.3, 0.4) is 0 Å². The van der Waals surface area contributed by atoms with Crippen LogP contribution in [0.4, 0.5) is 0 Å². The van der Waals surface area contributed by atoms with Crippen LogP contribution in [0, 0.1) is 6.92 Å². The molecule has 0 fully saturated rings. The van der Waals surface area contributed by atoms with Crippen LogP contribution in [-0.4, -0.2) is 16.5 Å². The van der Waals surface area contributed by atoms with Gasteiger partial charge in [0.15, 0.2) is 0 Å². The lowest BCUT2D eigenvalue weighted by Gasteiger charge is -2.28. The Morgan fingerprint density at radius 1 is 1.50 bits per heavy atom. The van der Waals surface area contributed by atoms with Gasteiger partial charge in [0.1, 0.15) is 12.4 Å². The van der Waals surface area contributed by atoms with E-state index in [0.29, 0.717) is 6.61 Å². The standard InChI is InChI=1S/C10H10Br2O2/c1-5-2-6(11)3-7-9(13)8(12)4-14-10(5)7/h2-3,8-9,13H,4H2,1H3. The average Bonchev–Trinajstić information content (AvgIpc) is 2.12. The summed E-state index contributed by atoms with van der Waals surface area (Å²) in [5, 5.41) is 9.93. The molecule has 1 aromatic rings. The van der Waals surface area contributed by atoms with Crippen molar-refractivity contribution in [3.8, 4) is 5.75 Å². The summed E-state index contributed by atoms with van der Waals surface area (Å²) in [4.78, 5) is -0.0244. The third-order valence-electron chi connectivity index (χ3n) is 2.32. The molecular weight excluding hydrogens is 312 g/mol. The van der Waals surface area contributed by atoms with E-state index in [9.17, 15) is 5.11 Å². The van der Waals surface area contributed by atoms with E-state index in [0.717, 1.165) is 21.3 Å². The van der Waals surface area contributed by atoms with Gasteiger partial charge in [0.25, 0.3) is 0 Å². The smallest absolute Gasteiger partial charge is 0.128 e. The number of aryl methyl sites for hydroxylation is 1. The van der Waals surface area contributed by atoms with E-state index in [4.69, 9.17) is 4.74 Å². The molecule has 0 amide bonds. The van der Waals surface area contributed by atoms with E-state index in [-0.39, 0.29) is 4.83 Å². The van der Waals surface area contributed by atoms with Gasteiger partial charge in [0, 0.05) is 10.0 Å². The highest BCUT2D eigenvalue weighted by Crippen LogP contribution is 2.39. The Morgan fingerprint density at radius 3 is 2.93 bits per heavy atom. The Hall–Kier alpha value is -0.0600. The van der Waals surface area contributed by atoms with Crippen LogP contribution in [0.2, 0.25) is 0 Å². The van der Waals surface area contributed by atoms with E-state index < -0.39 is 6.10 Å². The maximum Gasteiger partial charge on any atom is 0.128 e. The molecule has 2 rings (SSSR count). The first-order chi connectivity index (χ1) is 6.59. The first-order valence-corrected chi connectivity index (χ1v) is 6.05. The van der Waals surface area contributed by atoms with Crippen molar-refractivity contribution in [3.05, 3.63) is 27.7 Å². The summed E-state index contributed by atoms with van der Waals surface area (Å²) in [6.07, 6.45) is -0.491. The van der Waals surface area contributed by atoms with Crippen LogP contribution >= 0.6 is 31.9 Å². The molecule has 2 atom stereocenters. The number of hydrogen-bond acceptors (Lipinski definition) is 2. The van der Waals surface area contributed by atoms with E-state index in [2.05, 4.69) is 31.9 Å². The Bertz CT molecular complexity index is 365. The zero-order chi connectivity index (χ0) is 10.3. The van der Waals surface area contributed by atoms with Crippen LogP contribution in [0.25, 0.3) is 0 Å². The van der Waals surface area contributed by atoms with Gasteiger partial charge in [-0.2, -0.15) is 0 Å². The van der Waals surface area contributed by atoms with Crippen molar-refractivity contribution in [2.75, 3.05) is 6.61 Å². The molecule has 4 heteroatoms. The lowest BCUT2D eigenvalue weighted by Crippen LogP contribution is -2.26. The third kappa shape index (κ3) is 1.71. The molecule has 0 aliphatic carbocycles. The molecule has 0 saturated heterocycles. The van der Waals surface area contributed by atoms with E-state index in [1.54, 1.807) is 0 Å². The van der Waals surface area contributed by atoms with Crippen LogP contribution in [0.15, 0.2) is 16.6 Å². The molecule has 0 radical (unpaired) electrons. The molecule has 14 heavy (non-hydrogen) atoms. The third-order valence-corrected chi connectivity index (χ3v) is 3.54. The largest absolute Gasteiger partial charge is 0.492 e. The number of aliphatic hydroxyl groups excluding tert-OH is 1. The molecule has 1 heterocycles. The second kappa shape index (κ2) is 3.83. The Labute approximate surface area is 99.5 Å². The number of benzene rings is 1. The second-order valence-electron chi connectivity index (χ2n) is 3.41. The fourth-order valence-electron chi connectivity index (χ4n) is 1.62. The molecular formula is C10H10Br2O2. The molecule has 1 N–H and O–H groups in total. The van der Waals surface area contributed by atoms with Crippen molar-refractivity contribution in [2.24, 2.45) is 0 Å². The second-order valence-corrected chi connectivity index (χ2v) is 5.50. The molecule has 2 nitrogen and oxygen atoms in total. The molecule has 1 aromatic carbocycles. The normalized spacial score (nSPS) is 25.4. The maximum atomic E-state index is 9.93. The number of halogens is 2. The Kier molecular flexibility index (Phi) is 2.86. The number of rotatable bonds is 0. The molecule has 0 spiro atoms. The highest BCUT2D eigenvalue weighted by atomic mass is 79.9. The minimum absolute atomic E-state index is 0.0244. The number of hydrogen-bond donors (Lipinski definition) is 1. The molecule has 0 aromatic heterocycles. The molecule has 76 valence electrons. The average molecular weight is 322 g/mol. The monoisotopic (exact) mass is 320 g/mol. The molecule has 1 aliphatic heterocycles. The number of fused-ring (bicyclic) bond motifs is 1. The molecule has 0 saturated carbocycles. The van der Waals surface area contributed by atoms with Gasteiger partial charge in [0.05, 0.1) is 10.9 Å². The van der Waals surface area contributed by atoms with E-state index >= 15 is 0 Å². The Morgan fingerprint density at radius 2 is 2.21 bits per heavy atom. The number of alkyl halides is 1. The predicted octanol–water partition coefficient (Wildman–Crippen LogP) is 2.95. The van der Waals surface area contributed by atoms with Crippen molar-refractivity contribution in [3.63, 3.8) is 0 Å². The first kappa shape index (κ1) is 10.5. The van der Waals surface area contributed by atoms with Gasteiger partial charge in [-0.25, -0.2) is 0 Å². The van der Waals surface area contributed by atoms with Crippen LogP contribution in [0.1, 0.15) is 17.2 Å². The summed E-state index contributed by atoms with van der Waals surface area (Å²) in [7, 11) is 0. The summed E-state index contributed by atoms with van der Waals surface area (Å²) in [6.45, 7) is 2.49. The first-order valence-electron chi connectivity index (χ1n) is 4.34. The quantitative estimate of drug-likeness (QED) is 0.744. The minimum atomic E-state index is -0.491. The van der Waals surface area contributed by atoms with Crippen molar-refractivity contribution >= 4 is 31.9 Å². The van der Waals surface area contributed by atoms with Crippen molar-refractivity contribution in [2.45, 2.75) is 17.9 Å². The lowest BCUT2D eigenvalue weighted by molar-refractivity contribution is 0.124. The van der Waals surface area contributed by atoms with E-state index in [1.165, 1.54) is 0 Å². The maximum absolute atomic E-state index is 9.93. The SMILES string of the molecule is Cc1cc(Br)cc2c1OCC(Br)C2O. The van der Waals surface area contributed by atoms with Crippen molar-refractivity contribution < 1.29 is 9.84 Å². The Balaban J connectivity index is 2.54. The zero-order valence-electron chi connectivity index (χ0n) is 7.63. The van der Waals surface area contributed by atoms with Crippen LogP contribution < -0.4 is 4.74 Å². The summed E-state index contributed by atoms with van der Waals surface area (Å²) >= 11 is 6.79. The van der Waals surface area contributed by atoms with Gasteiger partial charge in [-0.05, 0) is 24.6 Å². The van der Waals surface area contributed by atoms with Crippen LogP contribution in [0.5, 0.6) is 5.75 Å². The molecule has 1 aliphatic rings. The predicted molar refractivity (Wildman–Crippen MR) is 62.0 cm³/mol. The van der Waals surface area contributed by atoms with Gasteiger partial charge in [-0.3, -0.25) is 0 Å². The van der Waals surface area contributed by atoms with Gasteiger partial charge in [0.2, 0.25) is 0 Å². The topological polar surface area (TPSA) is 29.5 Å². The molecule has 0 bridgehead atoms. The van der Waals surface area contributed by atoms with Gasteiger partial charge in [-0.15, -0.1) is 0 Å².